The summed E-state index contributed by atoms with van der Waals surface area (Å²) >= 11 is 0. The van der Waals surface area contributed by atoms with Gasteiger partial charge in [0.15, 0.2) is 0 Å². The van der Waals surface area contributed by atoms with Crippen LogP contribution in [0.25, 0.3) is 0 Å². The lowest BCUT2D eigenvalue weighted by Crippen LogP contribution is -2.43. The van der Waals surface area contributed by atoms with Crippen molar-refractivity contribution < 1.29 is 4.74 Å². The third kappa shape index (κ3) is 4.92. The zero-order valence-corrected chi connectivity index (χ0v) is 14.4. The van der Waals surface area contributed by atoms with E-state index in [4.69, 9.17) is 4.74 Å². The van der Waals surface area contributed by atoms with Gasteiger partial charge in [0, 0.05) is 25.6 Å². The van der Waals surface area contributed by atoms with Gasteiger partial charge in [-0.25, -0.2) is 10.4 Å². The van der Waals surface area contributed by atoms with Crippen LogP contribution in [-0.2, 0) is 4.74 Å². The number of nitrogens with zero attached hydrogens (tertiary/aromatic N) is 2. The fraction of sp³-hybridized carbons (Fsp3) is 1.00. The molecule has 1 aliphatic carbocycles. The van der Waals surface area contributed by atoms with Crippen LogP contribution in [0.4, 0.5) is 0 Å². The molecule has 0 aromatic carbocycles. The molecule has 2 heterocycles. The first-order valence-corrected chi connectivity index (χ1v) is 9.64. The van der Waals surface area contributed by atoms with Crippen molar-refractivity contribution in [1.29, 1.82) is 0 Å². The van der Waals surface area contributed by atoms with E-state index >= 15 is 0 Å². The second-order valence-electron chi connectivity index (χ2n) is 7.66. The summed E-state index contributed by atoms with van der Waals surface area (Å²) in [5.41, 5.74) is 3.54. The predicted octanol–water partition coefficient (Wildman–Crippen LogP) is 2.99. The molecule has 2 aliphatic heterocycles. The molecule has 0 bridgehead atoms. The van der Waals surface area contributed by atoms with Gasteiger partial charge in [-0.3, -0.25) is 0 Å². The van der Waals surface area contributed by atoms with Crippen LogP contribution in [0.5, 0.6) is 0 Å². The van der Waals surface area contributed by atoms with E-state index in [1.54, 1.807) is 0 Å². The molecular formula is C18H35N3O. The van der Waals surface area contributed by atoms with Gasteiger partial charge in [0.25, 0.3) is 0 Å². The molecule has 3 fully saturated rings. The maximum Gasteiger partial charge on any atom is 0.122 e. The maximum absolute atomic E-state index is 6.06. The molecule has 0 aromatic heterocycles. The van der Waals surface area contributed by atoms with Crippen molar-refractivity contribution in [2.24, 2.45) is 5.92 Å². The summed E-state index contributed by atoms with van der Waals surface area (Å²) in [6, 6.07) is 0.725. The Balaban J connectivity index is 1.25. The van der Waals surface area contributed by atoms with Gasteiger partial charge in [0.05, 0.1) is 6.61 Å². The number of rotatable bonds is 7. The second-order valence-corrected chi connectivity index (χ2v) is 7.66. The van der Waals surface area contributed by atoms with E-state index in [9.17, 15) is 0 Å². The molecular weight excluding hydrogens is 274 g/mol. The van der Waals surface area contributed by atoms with Gasteiger partial charge < -0.3 is 9.64 Å². The topological polar surface area (TPSA) is 27.7 Å². The Morgan fingerprint density at radius 3 is 2.68 bits per heavy atom. The Morgan fingerprint density at radius 1 is 1.05 bits per heavy atom. The molecule has 4 heteroatoms. The highest BCUT2D eigenvalue weighted by Gasteiger charge is 2.33. The standard InChI is InChI=1S/C18H35N3O/c1-20(12-10-16-7-3-2-4-8-16)13-14-22-18-15-17-9-5-6-11-21(17)19-18/h16-19H,2-15H2,1H3. The SMILES string of the molecule is CN(CCOC1CC2CCCCN2N1)CCC1CCCCC1. The van der Waals surface area contributed by atoms with E-state index in [0.29, 0.717) is 0 Å². The third-order valence-electron chi connectivity index (χ3n) is 5.86. The van der Waals surface area contributed by atoms with E-state index in [1.165, 1.54) is 77.3 Å². The van der Waals surface area contributed by atoms with Crippen LogP contribution in [0.3, 0.4) is 0 Å². The minimum Gasteiger partial charge on any atom is -0.361 e. The van der Waals surface area contributed by atoms with Crippen LogP contribution in [0.2, 0.25) is 0 Å². The largest absolute Gasteiger partial charge is 0.361 e. The fourth-order valence-corrected chi connectivity index (χ4v) is 4.35. The van der Waals surface area contributed by atoms with Crippen molar-refractivity contribution in [2.75, 3.05) is 33.3 Å². The third-order valence-corrected chi connectivity index (χ3v) is 5.86. The van der Waals surface area contributed by atoms with Crippen molar-refractivity contribution in [3.8, 4) is 0 Å². The summed E-state index contributed by atoms with van der Waals surface area (Å²) in [5, 5.41) is 2.42. The molecule has 0 radical (unpaired) electrons. The zero-order valence-electron chi connectivity index (χ0n) is 14.4. The normalized spacial score (nSPS) is 30.8. The first-order valence-electron chi connectivity index (χ1n) is 9.64. The lowest BCUT2D eigenvalue weighted by molar-refractivity contribution is 0.00680. The quantitative estimate of drug-likeness (QED) is 0.782. The van der Waals surface area contributed by atoms with Crippen molar-refractivity contribution in [1.82, 2.24) is 15.3 Å². The number of nitrogens with one attached hydrogen (secondary N) is 1. The average molecular weight is 309 g/mol. The summed E-state index contributed by atoms with van der Waals surface area (Å²) in [6.45, 7) is 4.36. The molecule has 2 atom stereocenters. The van der Waals surface area contributed by atoms with Gasteiger partial charge in [-0.15, -0.1) is 0 Å². The Labute approximate surface area is 136 Å². The molecule has 1 N–H and O–H groups in total. The minimum absolute atomic E-state index is 0.259. The Kier molecular flexibility index (Phi) is 6.54. The highest BCUT2D eigenvalue weighted by atomic mass is 16.5. The van der Waals surface area contributed by atoms with E-state index in [-0.39, 0.29) is 6.23 Å². The monoisotopic (exact) mass is 309 g/mol. The van der Waals surface area contributed by atoms with Crippen molar-refractivity contribution >= 4 is 0 Å². The molecule has 0 spiro atoms. The van der Waals surface area contributed by atoms with Gasteiger partial charge in [0.1, 0.15) is 6.23 Å². The van der Waals surface area contributed by atoms with Gasteiger partial charge in [0.2, 0.25) is 0 Å². The highest BCUT2D eigenvalue weighted by molar-refractivity contribution is 4.83. The molecule has 2 unspecified atom stereocenters. The van der Waals surface area contributed by atoms with E-state index < -0.39 is 0 Å². The summed E-state index contributed by atoms with van der Waals surface area (Å²) in [6.07, 6.45) is 14.2. The number of hydrogen-bond acceptors (Lipinski definition) is 4. The second kappa shape index (κ2) is 8.62. The molecule has 3 rings (SSSR count). The predicted molar refractivity (Wildman–Crippen MR) is 90.5 cm³/mol. The lowest BCUT2D eigenvalue weighted by Gasteiger charge is -2.28. The zero-order chi connectivity index (χ0) is 15.2. The van der Waals surface area contributed by atoms with Crippen molar-refractivity contribution in [2.45, 2.75) is 76.5 Å². The van der Waals surface area contributed by atoms with Crippen molar-refractivity contribution in [3.63, 3.8) is 0 Å². The molecule has 2 saturated heterocycles. The van der Waals surface area contributed by atoms with Crippen LogP contribution in [0.15, 0.2) is 0 Å². The first-order chi connectivity index (χ1) is 10.8. The van der Waals surface area contributed by atoms with Gasteiger partial charge in [-0.1, -0.05) is 38.5 Å². The molecule has 4 nitrogen and oxygen atoms in total. The van der Waals surface area contributed by atoms with Crippen LogP contribution in [-0.4, -0.2) is 55.5 Å². The van der Waals surface area contributed by atoms with Gasteiger partial charge >= 0.3 is 0 Å². The lowest BCUT2D eigenvalue weighted by atomic mass is 9.87. The van der Waals surface area contributed by atoms with E-state index in [0.717, 1.165) is 25.1 Å². The number of hydrogen-bond donors (Lipinski definition) is 1. The fourth-order valence-electron chi connectivity index (χ4n) is 4.35. The van der Waals surface area contributed by atoms with E-state index in [1.807, 2.05) is 0 Å². The highest BCUT2D eigenvalue weighted by Crippen LogP contribution is 2.26. The first kappa shape index (κ1) is 16.7. The van der Waals surface area contributed by atoms with Gasteiger partial charge in [-0.05, 0) is 38.8 Å². The number of likely N-dealkylation sites (N-methyl/N-ethyl adjacent to an activating group) is 1. The van der Waals surface area contributed by atoms with Crippen molar-refractivity contribution in [3.05, 3.63) is 0 Å². The van der Waals surface area contributed by atoms with E-state index in [2.05, 4.69) is 22.4 Å². The molecule has 0 amide bonds. The Hall–Kier alpha value is -0.160. The van der Waals surface area contributed by atoms with Crippen LogP contribution in [0.1, 0.15) is 64.2 Å². The number of fused-ring (bicyclic) bond motifs is 1. The van der Waals surface area contributed by atoms with Crippen LogP contribution in [0, 0.1) is 5.92 Å². The van der Waals surface area contributed by atoms with Crippen LogP contribution >= 0.6 is 0 Å². The summed E-state index contributed by atoms with van der Waals surface area (Å²) in [5.74, 6) is 0.990. The molecule has 3 aliphatic rings. The number of ether oxygens (including phenoxy) is 1. The Bertz CT molecular complexity index is 305. The summed E-state index contributed by atoms with van der Waals surface area (Å²) < 4.78 is 6.06. The maximum atomic E-state index is 6.06. The summed E-state index contributed by atoms with van der Waals surface area (Å²) in [4.78, 5) is 2.46. The average Bonchev–Trinajstić information content (AvgIpc) is 2.96. The molecule has 0 aromatic rings. The number of hydrazine groups is 1. The van der Waals surface area contributed by atoms with Gasteiger partial charge in [-0.2, -0.15) is 0 Å². The number of piperidine rings is 1. The molecule has 22 heavy (non-hydrogen) atoms. The molecule has 1 saturated carbocycles. The minimum atomic E-state index is 0.259. The molecule has 128 valence electrons. The summed E-state index contributed by atoms with van der Waals surface area (Å²) in [7, 11) is 2.25. The smallest absolute Gasteiger partial charge is 0.122 e. The van der Waals surface area contributed by atoms with Crippen LogP contribution < -0.4 is 5.43 Å². The Morgan fingerprint density at radius 2 is 1.86 bits per heavy atom.